The van der Waals surface area contributed by atoms with E-state index in [2.05, 4.69) is 10.3 Å². The molecule has 0 saturated heterocycles. The van der Waals surface area contributed by atoms with Gasteiger partial charge in [-0.2, -0.15) is 0 Å². The number of aromatic nitrogens is 1. The van der Waals surface area contributed by atoms with Crippen molar-refractivity contribution < 1.29 is 4.79 Å². The molecule has 0 atom stereocenters. The van der Waals surface area contributed by atoms with Gasteiger partial charge in [-0.25, -0.2) is 0 Å². The molecule has 0 bridgehead atoms. The second-order valence-corrected chi connectivity index (χ2v) is 3.69. The van der Waals surface area contributed by atoms with Crippen molar-refractivity contribution in [1.29, 1.82) is 0 Å². The number of carbonyl (C=O) groups excluding carboxylic acids is 1. The van der Waals surface area contributed by atoms with Crippen molar-refractivity contribution in [3.05, 3.63) is 24.0 Å². The van der Waals surface area contributed by atoms with Crippen LogP contribution in [0.1, 0.15) is 26.0 Å². The van der Waals surface area contributed by atoms with Gasteiger partial charge in [0.05, 0.1) is 0 Å². The number of aromatic amines is 1. The van der Waals surface area contributed by atoms with E-state index in [9.17, 15) is 4.79 Å². The van der Waals surface area contributed by atoms with Crippen LogP contribution in [0.5, 0.6) is 0 Å². The summed E-state index contributed by atoms with van der Waals surface area (Å²) in [7, 11) is 0. The first kappa shape index (κ1) is 12.8. The SMILES string of the molecule is CCN(CC)C(=O)CCNCc1ccc[nH]1. The molecule has 1 aromatic heterocycles. The van der Waals surface area contributed by atoms with Gasteiger partial charge >= 0.3 is 0 Å². The molecule has 0 saturated carbocycles. The maximum absolute atomic E-state index is 11.6. The number of hydrogen-bond donors (Lipinski definition) is 2. The van der Waals surface area contributed by atoms with Crippen molar-refractivity contribution in [1.82, 2.24) is 15.2 Å². The van der Waals surface area contributed by atoms with E-state index in [4.69, 9.17) is 0 Å². The van der Waals surface area contributed by atoms with Gasteiger partial charge in [0.15, 0.2) is 0 Å². The monoisotopic (exact) mass is 223 g/mol. The lowest BCUT2D eigenvalue weighted by molar-refractivity contribution is -0.130. The van der Waals surface area contributed by atoms with Gasteiger partial charge in [-0.3, -0.25) is 4.79 Å². The topological polar surface area (TPSA) is 48.1 Å². The summed E-state index contributed by atoms with van der Waals surface area (Å²) >= 11 is 0. The predicted octanol–water partition coefficient (Wildman–Crippen LogP) is 1.36. The highest BCUT2D eigenvalue weighted by Gasteiger charge is 2.07. The van der Waals surface area contributed by atoms with Gasteiger partial charge in [0, 0.05) is 44.5 Å². The van der Waals surface area contributed by atoms with Crippen LogP contribution in [-0.4, -0.2) is 35.4 Å². The fraction of sp³-hybridized carbons (Fsp3) is 0.583. The van der Waals surface area contributed by atoms with Crippen molar-refractivity contribution in [2.24, 2.45) is 0 Å². The van der Waals surface area contributed by atoms with E-state index in [0.29, 0.717) is 6.42 Å². The van der Waals surface area contributed by atoms with E-state index in [0.717, 1.165) is 31.9 Å². The third kappa shape index (κ3) is 4.06. The van der Waals surface area contributed by atoms with E-state index in [1.807, 2.05) is 37.1 Å². The van der Waals surface area contributed by atoms with Crippen LogP contribution in [0, 0.1) is 0 Å². The second-order valence-electron chi connectivity index (χ2n) is 3.69. The molecule has 1 amide bonds. The number of nitrogens with zero attached hydrogens (tertiary/aromatic N) is 1. The molecule has 0 unspecified atom stereocenters. The Hall–Kier alpha value is -1.29. The van der Waals surface area contributed by atoms with Gasteiger partial charge in [-0.1, -0.05) is 0 Å². The molecule has 1 rings (SSSR count). The fourth-order valence-corrected chi connectivity index (χ4v) is 1.63. The molecule has 0 aromatic carbocycles. The summed E-state index contributed by atoms with van der Waals surface area (Å²) in [4.78, 5) is 16.6. The first-order chi connectivity index (χ1) is 7.77. The van der Waals surface area contributed by atoms with Crippen LogP contribution in [0.2, 0.25) is 0 Å². The molecular formula is C12H21N3O. The van der Waals surface area contributed by atoms with Crippen LogP contribution in [-0.2, 0) is 11.3 Å². The molecule has 1 aromatic rings. The first-order valence-electron chi connectivity index (χ1n) is 5.88. The van der Waals surface area contributed by atoms with Crippen LogP contribution >= 0.6 is 0 Å². The fourth-order valence-electron chi connectivity index (χ4n) is 1.63. The maximum atomic E-state index is 11.6. The molecule has 0 aliphatic rings. The molecule has 0 aliphatic heterocycles. The molecule has 90 valence electrons. The summed E-state index contributed by atoms with van der Waals surface area (Å²) in [6, 6.07) is 4.00. The van der Waals surface area contributed by atoms with Gasteiger partial charge in [0.1, 0.15) is 0 Å². The molecule has 1 heterocycles. The van der Waals surface area contributed by atoms with Crippen molar-refractivity contribution >= 4 is 5.91 Å². The zero-order chi connectivity index (χ0) is 11.8. The molecule has 0 spiro atoms. The zero-order valence-corrected chi connectivity index (χ0v) is 10.1. The molecule has 4 heteroatoms. The van der Waals surface area contributed by atoms with E-state index in [1.165, 1.54) is 0 Å². The first-order valence-corrected chi connectivity index (χ1v) is 5.88. The molecule has 0 radical (unpaired) electrons. The number of hydrogen-bond acceptors (Lipinski definition) is 2. The summed E-state index contributed by atoms with van der Waals surface area (Å²) in [5.74, 6) is 0.226. The van der Waals surface area contributed by atoms with Crippen LogP contribution < -0.4 is 5.32 Å². The average Bonchev–Trinajstić information content (AvgIpc) is 2.79. The molecule has 2 N–H and O–H groups in total. The molecular weight excluding hydrogens is 202 g/mol. The molecule has 4 nitrogen and oxygen atoms in total. The number of H-pyrrole nitrogens is 1. The largest absolute Gasteiger partial charge is 0.364 e. The van der Waals surface area contributed by atoms with Crippen LogP contribution in [0.3, 0.4) is 0 Å². The summed E-state index contributed by atoms with van der Waals surface area (Å²) in [5, 5.41) is 3.24. The Morgan fingerprint density at radius 3 is 2.75 bits per heavy atom. The Labute approximate surface area is 97.0 Å². The summed E-state index contributed by atoms with van der Waals surface area (Å²) in [5.41, 5.74) is 1.15. The Balaban J connectivity index is 2.13. The van der Waals surface area contributed by atoms with Gasteiger partial charge in [0.2, 0.25) is 5.91 Å². The number of carbonyl (C=O) groups is 1. The minimum atomic E-state index is 0.226. The van der Waals surface area contributed by atoms with Gasteiger partial charge < -0.3 is 15.2 Å². The Kier molecular flexibility index (Phi) is 5.64. The van der Waals surface area contributed by atoms with Crippen LogP contribution in [0.25, 0.3) is 0 Å². The highest BCUT2D eigenvalue weighted by Crippen LogP contribution is 1.95. The molecule has 0 aliphatic carbocycles. The lowest BCUT2D eigenvalue weighted by atomic mass is 10.3. The zero-order valence-electron chi connectivity index (χ0n) is 10.1. The maximum Gasteiger partial charge on any atom is 0.223 e. The quantitative estimate of drug-likeness (QED) is 0.686. The minimum absolute atomic E-state index is 0.226. The van der Waals surface area contributed by atoms with Crippen LogP contribution in [0.15, 0.2) is 18.3 Å². The number of nitrogens with one attached hydrogen (secondary N) is 2. The van der Waals surface area contributed by atoms with Crippen LogP contribution in [0.4, 0.5) is 0 Å². The van der Waals surface area contributed by atoms with Gasteiger partial charge in [-0.05, 0) is 26.0 Å². The van der Waals surface area contributed by atoms with E-state index in [-0.39, 0.29) is 5.91 Å². The van der Waals surface area contributed by atoms with Gasteiger partial charge in [-0.15, -0.1) is 0 Å². The lowest BCUT2D eigenvalue weighted by Gasteiger charge is -2.18. The standard InChI is InChI=1S/C12H21N3O/c1-3-15(4-2)12(16)7-9-13-10-11-6-5-8-14-11/h5-6,8,13-14H,3-4,7,9-10H2,1-2H3. The number of amides is 1. The second kappa shape index (κ2) is 7.06. The van der Waals surface area contributed by atoms with Gasteiger partial charge in [0.25, 0.3) is 0 Å². The predicted molar refractivity (Wildman–Crippen MR) is 65.0 cm³/mol. The van der Waals surface area contributed by atoms with Crippen molar-refractivity contribution in [2.45, 2.75) is 26.8 Å². The highest BCUT2D eigenvalue weighted by atomic mass is 16.2. The summed E-state index contributed by atoms with van der Waals surface area (Å²) in [6.07, 6.45) is 2.47. The highest BCUT2D eigenvalue weighted by molar-refractivity contribution is 5.76. The Morgan fingerprint density at radius 2 is 2.19 bits per heavy atom. The lowest BCUT2D eigenvalue weighted by Crippen LogP contribution is -2.32. The summed E-state index contributed by atoms with van der Waals surface area (Å²) < 4.78 is 0. The molecule has 0 fully saturated rings. The smallest absolute Gasteiger partial charge is 0.223 e. The van der Waals surface area contributed by atoms with E-state index >= 15 is 0 Å². The number of rotatable bonds is 7. The van der Waals surface area contributed by atoms with Crippen molar-refractivity contribution in [2.75, 3.05) is 19.6 Å². The van der Waals surface area contributed by atoms with Crippen molar-refractivity contribution in [3.8, 4) is 0 Å². The Morgan fingerprint density at radius 1 is 1.44 bits per heavy atom. The third-order valence-corrected chi connectivity index (χ3v) is 2.61. The van der Waals surface area contributed by atoms with E-state index in [1.54, 1.807) is 0 Å². The van der Waals surface area contributed by atoms with E-state index < -0.39 is 0 Å². The minimum Gasteiger partial charge on any atom is -0.364 e. The Bertz CT molecular complexity index is 291. The summed E-state index contributed by atoms with van der Waals surface area (Å²) in [6.45, 7) is 7.13. The third-order valence-electron chi connectivity index (χ3n) is 2.61. The average molecular weight is 223 g/mol. The normalized spacial score (nSPS) is 10.4. The molecule has 16 heavy (non-hydrogen) atoms. The van der Waals surface area contributed by atoms with Crippen molar-refractivity contribution in [3.63, 3.8) is 0 Å².